The zero-order valence-electron chi connectivity index (χ0n) is 12.3. The first-order valence-corrected chi connectivity index (χ1v) is 11.6. The van der Waals surface area contributed by atoms with Crippen LogP contribution in [0.4, 0.5) is 8.78 Å². The molecule has 0 aliphatic heterocycles. The van der Waals surface area contributed by atoms with Gasteiger partial charge in [0.1, 0.15) is 0 Å². The van der Waals surface area contributed by atoms with Crippen LogP contribution in [0.1, 0.15) is 0 Å². The number of halogens is 3. The van der Waals surface area contributed by atoms with Crippen molar-refractivity contribution in [2.24, 2.45) is 0 Å². The van der Waals surface area contributed by atoms with Gasteiger partial charge in [-0.3, -0.25) is 0 Å². The van der Waals surface area contributed by atoms with Gasteiger partial charge in [-0.05, 0) is 0 Å². The van der Waals surface area contributed by atoms with Crippen LogP contribution < -0.4 is 15.9 Å². The van der Waals surface area contributed by atoms with Crippen molar-refractivity contribution in [2.45, 2.75) is 6.17 Å². The van der Waals surface area contributed by atoms with Gasteiger partial charge in [-0.2, -0.15) is 0 Å². The molecule has 0 atom stereocenters. The van der Waals surface area contributed by atoms with E-state index >= 15 is 0 Å². The molecule has 0 spiro atoms. The predicted molar refractivity (Wildman–Crippen MR) is 100 cm³/mol. The van der Waals surface area contributed by atoms with Crippen molar-refractivity contribution in [1.82, 2.24) is 0 Å². The van der Waals surface area contributed by atoms with Crippen LogP contribution in [0.5, 0.6) is 0 Å². The molecular formula is C19H16BrF2P. The van der Waals surface area contributed by atoms with Crippen LogP contribution in [0, 0.1) is 0 Å². The van der Waals surface area contributed by atoms with Crippen LogP contribution in [-0.2, 0) is 0 Å². The minimum absolute atomic E-state index is 0.630. The van der Waals surface area contributed by atoms with E-state index in [9.17, 15) is 8.78 Å². The van der Waals surface area contributed by atoms with Crippen molar-refractivity contribution in [2.75, 3.05) is 0 Å². The normalized spacial score (nSPS) is 13.5. The molecule has 3 aromatic rings. The Morgan fingerprint density at radius 1 is 0.565 bits per heavy atom. The molecule has 3 aromatic carbocycles. The molecule has 4 heteroatoms. The van der Waals surface area contributed by atoms with E-state index in [4.69, 9.17) is 0 Å². The third kappa shape index (κ3) is 2.34. The van der Waals surface area contributed by atoms with Crippen molar-refractivity contribution >= 4 is 36.7 Å². The van der Waals surface area contributed by atoms with Crippen LogP contribution in [-0.4, -0.2) is 6.17 Å². The molecule has 0 nitrogen and oxygen atoms in total. The van der Waals surface area contributed by atoms with E-state index in [0.717, 1.165) is 0 Å². The Labute approximate surface area is 142 Å². The van der Waals surface area contributed by atoms with Gasteiger partial charge in [0.2, 0.25) is 0 Å². The molecule has 0 aromatic heterocycles. The Kier molecular flexibility index (Phi) is 4.35. The molecule has 0 saturated heterocycles. The molecule has 0 fully saturated rings. The standard InChI is InChI=1S/C19H16BrF2P/c20-23(19(21)22,16-10-4-1-5-11-16,17-12-6-2-7-13-17)18-14-8-3-9-15-18/h1-15,19H. The van der Waals surface area contributed by atoms with Gasteiger partial charge in [-0.15, -0.1) is 0 Å². The molecule has 23 heavy (non-hydrogen) atoms. The minimum atomic E-state index is -4.03. The van der Waals surface area contributed by atoms with Crippen LogP contribution in [0.2, 0.25) is 0 Å². The van der Waals surface area contributed by atoms with Gasteiger partial charge in [0, 0.05) is 0 Å². The molecule has 0 amide bonds. The van der Waals surface area contributed by atoms with E-state index in [2.05, 4.69) is 15.5 Å². The molecule has 0 unspecified atom stereocenters. The zero-order chi connectivity index (χ0) is 16.4. The number of hydrogen-bond acceptors (Lipinski definition) is 0. The van der Waals surface area contributed by atoms with Crippen molar-refractivity contribution in [3.8, 4) is 0 Å². The van der Waals surface area contributed by atoms with E-state index in [1.165, 1.54) is 0 Å². The predicted octanol–water partition coefficient (Wildman–Crippen LogP) is 5.05. The number of rotatable bonds is 4. The quantitative estimate of drug-likeness (QED) is 0.545. The molecule has 0 bridgehead atoms. The summed E-state index contributed by atoms with van der Waals surface area (Å²) in [5.74, 6) is 0. The van der Waals surface area contributed by atoms with Crippen molar-refractivity contribution in [3.63, 3.8) is 0 Å². The summed E-state index contributed by atoms with van der Waals surface area (Å²) in [6.07, 6.45) is -2.56. The average Bonchev–Trinajstić information content (AvgIpc) is 2.63. The molecule has 0 aliphatic rings. The summed E-state index contributed by atoms with van der Waals surface area (Å²) in [7, 11) is 0. The average molecular weight is 393 g/mol. The fourth-order valence-corrected chi connectivity index (χ4v) is 8.91. The summed E-state index contributed by atoms with van der Waals surface area (Å²) in [5.41, 5.74) is 0. The van der Waals surface area contributed by atoms with E-state index < -0.39 is 11.5 Å². The van der Waals surface area contributed by atoms with E-state index in [0.29, 0.717) is 15.9 Å². The Hall–Kier alpha value is -1.57. The maximum atomic E-state index is 14.8. The Balaban J connectivity index is 2.47. The molecule has 0 saturated carbocycles. The van der Waals surface area contributed by atoms with Crippen molar-refractivity contribution in [3.05, 3.63) is 91.0 Å². The third-order valence-electron chi connectivity index (χ3n) is 4.15. The fraction of sp³-hybridized carbons (Fsp3) is 0.0526. The summed E-state index contributed by atoms with van der Waals surface area (Å²) >= 11 is 3.66. The van der Waals surface area contributed by atoms with E-state index in [1.54, 1.807) is 36.4 Å². The second-order valence-electron chi connectivity index (χ2n) is 5.36. The van der Waals surface area contributed by atoms with Gasteiger partial charge in [0.25, 0.3) is 0 Å². The molecule has 118 valence electrons. The number of hydrogen-bond donors (Lipinski definition) is 0. The topological polar surface area (TPSA) is 0 Å². The summed E-state index contributed by atoms with van der Waals surface area (Å²) in [5, 5.41) is -2.14. The van der Waals surface area contributed by atoms with Crippen LogP contribution >= 0.6 is 20.8 Å². The monoisotopic (exact) mass is 392 g/mol. The Bertz CT molecular complexity index is 677. The fourth-order valence-electron chi connectivity index (χ4n) is 2.94. The second kappa shape index (κ2) is 6.14. The molecule has 0 heterocycles. The SMILES string of the molecule is FC(F)P(Br)(c1ccccc1)(c1ccccc1)c1ccccc1. The molecule has 3 rings (SSSR count). The second-order valence-corrected chi connectivity index (χ2v) is 13.9. The Morgan fingerprint density at radius 2 is 0.826 bits per heavy atom. The van der Waals surface area contributed by atoms with Crippen molar-refractivity contribution < 1.29 is 8.78 Å². The van der Waals surface area contributed by atoms with Crippen LogP contribution in [0.3, 0.4) is 0 Å². The summed E-state index contributed by atoms with van der Waals surface area (Å²) in [4.78, 5) is 0. The van der Waals surface area contributed by atoms with E-state index in [-0.39, 0.29) is 0 Å². The third-order valence-corrected chi connectivity index (χ3v) is 13.4. The van der Waals surface area contributed by atoms with Crippen LogP contribution in [0.15, 0.2) is 91.0 Å². The van der Waals surface area contributed by atoms with E-state index in [1.807, 2.05) is 54.6 Å². The summed E-state index contributed by atoms with van der Waals surface area (Å²) in [6.45, 7) is 0. The molecule has 0 radical (unpaired) electrons. The summed E-state index contributed by atoms with van der Waals surface area (Å²) in [6, 6.07) is 27.2. The van der Waals surface area contributed by atoms with Gasteiger partial charge >= 0.3 is 143 Å². The first kappa shape index (κ1) is 16.3. The molecule has 0 N–H and O–H groups in total. The summed E-state index contributed by atoms with van der Waals surface area (Å²) < 4.78 is 29.6. The zero-order valence-corrected chi connectivity index (χ0v) is 14.8. The van der Waals surface area contributed by atoms with Gasteiger partial charge in [-0.25, -0.2) is 0 Å². The van der Waals surface area contributed by atoms with Gasteiger partial charge in [-0.1, -0.05) is 0 Å². The number of alkyl halides is 2. The number of benzene rings is 3. The maximum absolute atomic E-state index is 14.8. The van der Waals surface area contributed by atoms with Gasteiger partial charge in [0.05, 0.1) is 0 Å². The first-order valence-electron chi connectivity index (χ1n) is 7.27. The molecular weight excluding hydrogens is 377 g/mol. The van der Waals surface area contributed by atoms with Crippen LogP contribution in [0.25, 0.3) is 0 Å². The van der Waals surface area contributed by atoms with Gasteiger partial charge in [0.15, 0.2) is 0 Å². The van der Waals surface area contributed by atoms with Gasteiger partial charge < -0.3 is 0 Å². The van der Waals surface area contributed by atoms with Crippen molar-refractivity contribution in [1.29, 1.82) is 0 Å². The molecule has 0 aliphatic carbocycles. The Morgan fingerprint density at radius 3 is 1.04 bits per heavy atom. The first-order chi connectivity index (χ1) is 11.1.